The number of aldehydes is 1. The molecule has 25 heavy (non-hydrogen) atoms. The second-order valence-corrected chi connectivity index (χ2v) is 6.79. The number of carbonyl (C=O) groups excluding carboxylic acids is 1. The highest BCUT2D eigenvalue weighted by molar-refractivity contribution is 7.16. The lowest BCUT2D eigenvalue weighted by Gasteiger charge is -2.19. The standard InChI is InChI=1S/C18H22N4O2S/c1-19-18(21-14-4-2-3-7-24-11-14)22-15(10-23)8-13-5-6-16-17(9-13)25-12-20-16/h5-6,8-10,12,14H,2-4,7,11H2,1H3,(H2,19,21,22)/b15-8-. The summed E-state index contributed by atoms with van der Waals surface area (Å²) in [7, 11) is 1.69. The Morgan fingerprint density at radius 2 is 2.36 bits per heavy atom. The third-order valence-corrected chi connectivity index (χ3v) is 4.83. The van der Waals surface area contributed by atoms with Crippen molar-refractivity contribution in [1.29, 1.82) is 0 Å². The Kier molecular flexibility index (Phi) is 6.14. The summed E-state index contributed by atoms with van der Waals surface area (Å²) in [5.41, 5.74) is 4.18. The highest BCUT2D eigenvalue weighted by Crippen LogP contribution is 2.20. The third kappa shape index (κ3) is 4.87. The van der Waals surface area contributed by atoms with E-state index in [4.69, 9.17) is 4.74 Å². The van der Waals surface area contributed by atoms with Crippen molar-refractivity contribution in [3.8, 4) is 0 Å². The molecule has 1 aromatic carbocycles. The van der Waals surface area contributed by atoms with Gasteiger partial charge in [0, 0.05) is 13.7 Å². The maximum Gasteiger partial charge on any atom is 0.195 e. The summed E-state index contributed by atoms with van der Waals surface area (Å²) in [5, 5.41) is 6.40. The molecule has 0 spiro atoms. The zero-order valence-corrected chi connectivity index (χ0v) is 15.0. The number of nitrogens with one attached hydrogen (secondary N) is 2. The van der Waals surface area contributed by atoms with Gasteiger partial charge in [0.15, 0.2) is 12.2 Å². The Balaban J connectivity index is 1.69. The Morgan fingerprint density at radius 3 is 3.20 bits per heavy atom. The normalized spacial score (nSPS) is 19.5. The molecule has 1 unspecified atom stereocenters. The van der Waals surface area contributed by atoms with Crippen LogP contribution in [-0.2, 0) is 9.53 Å². The first kappa shape index (κ1) is 17.6. The van der Waals surface area contributed by atoms with E-state index >= 15 is 0 Å². The molecule has 1 atom stereocenters. The van der Waals surface area contributed by atoms with Crippen LogP contribution in [0.15, 0.2) is 34.4 Å². The minimum absolute atomic E-state index is 0.204. The molecule has 1 fully saturated rings. The van der Waals surface area contributed by atoms with Gasteiger partial charge in [-0.15, -0.1) is 11.3 Å². The Morgan fingerprint density at radius 1 is 1.44 bits per heavy atom. The van der Waals surface area contributed by atoms with E-state index in [1.54, 1.807) is 18.4 Å². The summed E-state index contributed by atoms with van der Waals surface area (Å²) in [6.07, 6.45) is 5.85. The molecule has 0 aliphatic carbocycles. The van der Waals surface area contributed by atoms with Gasteiger partial charge in [0.1, 0.15) is 0 Å². The van der Waals surface area contributed by atoms with Crippen LogP contribution >= 0.6 is 11.3 Å². The molecule has 1 aliphatic heterocycles. The monoisotopic (exact) mass is 358 g/mol. The average Bonchev–Trinajstić information content (AvgIpc) is 2.95. The van der Waals surface area contributed by atoms with Gasteiger partial charge in [-0.1, -0.05) is 6.07 Å². The first-order valence-corrected chi connectivity index (χ1v) is 9.24. The summed E-state index contributed by atoms with van der Waals surface area (Å²) >= 11 is 1.58. The number of ether oxygens (including phenoxy) is 1. The van der Waals surface area contributed by atoms with Crippen LogP contribution in [0.4, 0.5) is 0 Å². The van der Waals surface area contributed by atoms with Gasteiger partial charge in [0.2, 0.25) is 0 Å². The highest BCUT2D eigenvalue weighted by Gasteiger charge is 2.14. The maximum atomic E-state index is 11.5. The number of rotatable bonds is 4. The van der Waals surface area contributed by atoms with Gasteiger partial charge in [-0.3, -0.25) is 9.79 Å². The number of nitrogens with zero attached hydrogens (tertiary/aromatic N) is 2. The number of benzene rings is 1. The lowest BCUT2D eigenvalue weighted by Crippen LogP contribution is -2.44. The van der Waals surface area contributed by atoms with E-state index in [2.05, 4.69) is 20.6 Å². The molecule has 0 saturated carbocycles. The fraction of sp³-hybridized carbons (Fsp3) is 0.389. The number of carbonyl (C=O) groups is 1. The quantitative estimate of drug-likeness (QED) is 0.380. The molecule has 0 bridgehead atoms. The summed E-state index contributed by atoms with van der Waals surface area (Å²) in [6.45, 7) is 1.46. The smallest absolute Gasteiger partial charge is 0.195 e. The fourth-order valence-corrected chi connectivity index (χ4v) is 3.47. The molecular formula is C18H22N4O2S. The molecule has 2 N–H and O–H groups in total. The first-order chi connectivity index (χ1) is 12.3. The minimum Gasteiger partial charge on any atom is -0.379 e. The van der Waals surface area contributed by atoms with Crippen LogP contribution < -0.4 is 10.6 Å². The molecule has 6 nitrogen and oxygen atoms in total. The van der Waals surface area contributed by atoms with E-state index < -0.39 is 0 Å². The zero-order chi connectivity index (χ0) is 17.5. The van der Waals surface area contributed by atoms with Crippen molar-refractivity contribution >= 4 is 39.9 Å². The first-order valence-electron chi connectivity index (χ1n) is 8.36. The number of hydrogen-bond donors (Lipinski definition) is 2. The fourth-order valence-electron chi connectivity index (χ4n) is 2.74. The lowest BCUT2D eigenvalue weighted by molar-refractivity contribution is -0.105. The van der Waals surface area contributed by atoms with Gasteiger partial charge in [-0.25, -0.2) is 4.98 Å². The minimum atomic E-state index is 0.204. The summed E-state index contributed by atoms with van der Waals surface area (Å²) < 4.78 is 6.67. The third-order valence-electron chi connectivity index (χ3n) is 4.04. The van der Waals surface area contributed by atoms with Crippen LogP contribution in [0.25, 0.3) is 16.3 Å². The summed E-state index contributed by atoms with van der Waals surface area (Å²) in [5.74, 6) is 0.577. The Bertz CT molecular complexity index is 776. The number of aromatic nitrogens is 1. The molecule has 0 radical (unpaired) electrons. The van der Waals surface area contributed by atoms with Gasteiger partial charge < -0.3 is 15.4 Å². The molecule has 2 heterocycles. The number of fused-ring (bicyclic) bond motifs is 1. The molecule has 3 rings (SSSR count). The van der Waals surface area contributed by atoms with E-state index in [0.29, 0.717) is 18.3 Å². The zero-order valence-electron chi connectivity index (χ0n) is 14.2. The average molecular weight is 358 g/mol. The van der Waals surface area contributed by atoms with Crippen LogP contribution in [0, 0.1) is 0 Å². The topological polar surface area (TPSA) is 75.6 Å². The predicted molar refractivity (Wildman–Crippen MR) is 102 cm³/mol. The number of aliphatic imine (C=N–C) groups is 1. The molecule has 7 heteroatoms. The number of allylic oxidation sites excluding steroid dienone is 1. The molecule has 1 aromatic heterocycles. The SMILES string of the molecule is CN=C(N/C(C=O)=C\c1ccc2ncsc2c1)NC1CCCCOC1. The Labute approximate surface area is 151 Å². The molecular weight excluding hydrogens is 336 g/mol. The molecule has 1 aliphatic rings. The van der Waals surface area contributed by atoms with Gasteiger partial charge >= 0.3 is 0 Å². The van der Waals surface area contributed by atoms with Gasteiger partial charge in [-0.05, 0) is 43.0 Å². The van der Waals surface area contributed by atoms with E-state index in [1.165, 1.54) is 0 Å². The van der Waals surface area contributed by atoms with Crippen molar-refractivity contribution in [1.82, 2.24) is 15.6 Å². The maximum absolute atomic E-state index is 11.5. The van der Waals surface area contributed by atoms with Crippen LogP contribution in [0.5, 0.6) is 0 Å². The van der Waals surface area contributed by atoms with E-state index in [0.717, 1.165) is 47.9 Å². The van der Waals surface area contributed by atoms with E-state index in [9.17, 15) is 4.79 Å². The van der Waals surface area contributed by atoms with Crippen molar-refractivity contribution in [3.63, 3.8) is 0 Å². The van der Waals surface area contributed by atoms with Crippen molar-refractivity contribution in [2.24, 2.45) is 4.99 Å². The van der Waals surface area contributed by atoms with Crippen LogP contribution in [0.1, 0.15) is 24.8 Å². The number of guanidine groups is 1. The lowest BCUT2D eigenvalue weighted by atomic mass is 10.1. The molecule has 1 saturated heterocycles. The van der Waals surface area contributed by atoms with Gasteiger partial charge in [-0.2, -0.15) is 0 Å². The van der Waals surface area contributed by atoms with E-state index in [1.807, 2.05) is 29.8 Å². The summed E-state index contributed by atoms with van der Waals surface area (Å²) in [6, 6.07) is 6.13. The second-order valence-electron chi connectivity index (χ2n) is 5.91. The van der Waals surface area contributed by atoms with Gasteiger partial charge in [0.05, 0.1) is 34.1 Å². The van der Waals surface area contributed by atoms with Gasteiger partial charge in [0.25, 0.3) is 0 Å². The van der Waals surface area contributed by atoms with Crippen LogP contribution in [0.3, 0.4) is 0 Å². The molecule has 2 aromatic rings. The van der Waals surface area contributed by atoms with Crippen molar-refractivity contribution in [2.45, 2.75) is 25.3 Å². The van der Waals surface area contributed by atoms with Crippen LogP contribution in [0.2, 0.25) is 0 Å². The van der Waals surface area contributed by atoms with Crippen molar-refractivity contribution < 1.29 is 9.53 Å². The molecule has 132 valence electrons. The summed E-state index contributed by atoms with van der Waals surface area (Å²) in [4.78, 5) is 20.0. The number of hydrogen-bond acceptors (Lipinski definition) is 5. The van der Waals surface area contributed by atoms with Crippen molar-refractivity contribution in [2.75, 3.05) is 20.3 Å². The largest absolute Gasteiger partial charge is 0.379 e. The predicted octanol–water partition coefficient (Wildman–Crippen LogP) is 2.57. The second kappa shape index (κ2) is 8.73. The number of thiazole rings is 1. The Hall–Kier alpha value is -2.25. The molecule has 0 amide bonds. The van der Waals surface area contributed by atoms with Crippen molar-refractivity contribution in [3.05, 3.63) is 35.0 Å². The van der Waals surface area contributed by atoms with E-state index in [-0.39, 0.29) is 6.04 Å². The van der Waals surface area contributed by atoms with Crippen LogP contribution in [-0.4, -0.2) is 43.5 Å². The highest BCUT2D eigenvalue weighted by atomic mass is 32.1.